The molecule has 0 amide bonds. The topological polar surface area (TPSA) is 51.2 Å². The highest BCUT2D eigenvalue weighted by Gasteiger charge is 2.53. The first-order chi connectivity index (χ1) is 9.65. The molecule has 0 bridgehead atoms. The third-order valence-corrected chi connectivity index (χ3v) is 6.31. The van der Waals surface area contributed by atoms with Crippen LogP contribution in [0.15, 0.2) is 35.2 Å². The van der Waals surface area contributed by atoms with E-state index in [9.17, 15) is 13.8 Å². The third kappa shape index (κ3) is 2.06. The van der Waals surface area contributed by atoms with Crippen LogP contribution < -0.4 is 0 Å². The lowest BCUT2D eigenvalue weighted by Crippen LogP contribution is -2.47. The predicted molar refractivity (Wildman–Crippen MR) is 76.8 cm³/mol. The average molecular weight is 290 g/mol. The van der Waals surface area contributed by atoms with Crippen molar-refractivity contribution >= 4 is 22.4 Å². The second-order valence-electron chi connectivity index (χ2n) is 5.71. The molecule has 0 aromatic heterocycles. The Morgan fingerprint density at radius 2 is 1.75 bits per heavy atom. The lowest BCUT2D eigenvalue weighted by Gasteiger charge is -2.34. The van der Waals surface area contributed by atoms with Crippen LogP contribution in [0.25, 0.3) is 0 Å². The number of hydrogen-bond donors (Lipinski definition) is 0. The molecule has 4 heteroatoms. The zero-order chi connectivity index (χ0) is 14.2. The molecule has 0 saturated heterocycles. The van der Waals surface area contributed by atoms with Crippen molar-refractivity contribution in [3.8, 4) is 0 Å². The second kappa shape index (κ2) is 5.24. The molecule has 1 aromatic rings. The minimum absolute atomic E-state index is 0.0616. The summed E-state index contributed by atoms with van der Waals surface area (Å²) < 4.78 is 12.6. The van der Waals surface area contributed by atoms with E-state index >= 15 is 0 Å². The first-order valence-corrected chi connectivity index (χ1v) is 8.40. The Balaban J connectivity index is 1.89. The van der Waals surface area contributed by atoms with Crippen LogP contribution in [-0.2, 0) is 20.4 Å². The largest absolute Gasteiger partial charge is 0.299 e. The van der Waals surface area contributed by atoms with Gasteiger partial charge in [0.1, 0.15) is 5.78 Å². The highest BCUT2D eigenvalue weighted by molar-refractivity contribution is 7.86. The molecule has 0 radical (unpaired) electrons. The molecule has 0 aliphatic heterocycles. The molecule has 20 heavy (non-hydrogen) atoms. The summed E-state index contributed by atoms with van der Waals surface area (Å²) >= 11 is 0. The Morgan fingerprint density at radius 3 is 2.40 bits per heavy atom. The first-order valence-electron chi connectivity index (χ1n) is 7.18. The number of carbonyl (C=O) groups excluding carboxylic acids is 2. The number of ketones is 2. The van der Waals surface area contributed by atoms with Gasteiger partial charge in [0.15, 0.2) is 5.78 Å². The fourth-order valence-corrected chi connectivity index (χ4v) is 5.08. The van der Waals surface area contributed by atoms with E-state index in [-0.39, 0.29) is 11.6 Å². The highest BCUT2D eigenvalue weighted by atomic mass is 32.2. The molecule has 2 saturated carbocycles. The van der Waals surface area contributed by atoms with Crippen molar-refractivity contribution in [2.45, 2.75) is 48.7 Å². The molecule has 2 aliphatic carbocycles. The average Bonchev–Trinajstić information content (AvgIpc) is 2.84. The van der Waals surface area contributed by atoms with Crippen molar-refractivity contribution in [1.29, 1.82) is 0 Å². The molecule has 106 valence electrons. The summed E-state index contributed by atoms with van der Waals surface area (Å²) in [5, 5.41) is -0.506. The van der Waals surface area contributed by atoms with E-state index in [2.05, 4.69) is 0 Å². The molecule has 2 fully saturated rings. The van der Waals surface area contributed by atoms with E-state index in [1.165, 1.54) is 0 Å². The minimum atomic E-state index is -1.34. The molecule has 1 aromatic carbocycles. The smallest absolute Gasteiger partial charge is 0.162 e. The van der Waals surface area contributed by atoms with Gasteiger partial charge in [0.25, 0.3) is 0 Å². The van der Waals surface area contributed by atoms with Gasteiger partial charge < -0.3 is 0 Å². The Bertz CT molecular complexity index is 566. The van der Waals surface area contributed by atoms with Crippen molar-refractivity contribution in [2.75, 3.05) is 0 Å². The minimum Gasteiger partial charge on any atom is -0.299 e. The van der Waals surface area contributed by atoms with Gasteiger partial charge in [-0.3, -0.25) is 13.8 Å². The Labute approximate surface area is 121 Å². The van der Waals surface area contributed by atoms with Gasteiger partial charge >= 0.3 is 0 Å². The van der Waals surface area contributed by atoms with Crippen LogP contribution in [0.4, 0.5) is 0 Å². The molecule has 3 rings (SSSR count). The van der Waals surface area contributed by atoms with Crippen LogP contribution in [-0.4, -0.2) is 21.0 Å². The van der Waals surface area contributed by atoms with E-state index < -0.39 is 21.5 Å². The summed E-state index contributed by atoms with van der Waals surface area (Å²) in [6.07, 6.45) is 4.09. The SMILES string of the molecule is O=C1CCC[C@@]12CCCC(S(=O)c1ccccc1)C2=O. The van der Waals surface area contributed by atoms with Crippen molar-refractivity contribution in [2.24, 2.45) is 5.41 Å². The van der Waals surface area contributed by atoms with Gasteiger partial charge in [-0.1, -0.05) is 24.6 Å². The fourth-order valence-electron chi connectivity index (χ4n) is 3.53. The maximum atomic E-state index is 12.8. The van der Waals surface area contributed by atoms with Crippen molar-refractivity contribution in [3.63, 3.8) is 0 Å². The summed E-state index contributed by atoms with van der Waals surface area (Å²) in [4.78, 5) is 25.6. The molecule has 0 heterocycles. The van der Waals surface area contributed by atoms with E-state index in [4.69, 9.17) is 0 Å². The Kier molecular flexibility index (Phi) is 3.59. The van der Waals surface area contributed by atoms with E-state index in [0.717, 1.165) is 12.8 Å². The molecule has 1 spiro atoms. The highest BCUT2D eigenvalue weighted by Crippen LogP contribution is 2.45. The van der Waals surface area contributed by atoms with Gasteiger partial charge in [-0.05, 0) is 37.8 Å². The van der Waals surface area contributed by atoms with Gasteiger partial charge in [-0.2, -0.15) is 0 Å². The van der Waals surface area contributed by atoms with Crippen LogP contribution in [0.5, 0.6) is 0 Å². The third-order valence-electron chi connectivity index (χ3n) is 4.61. The maximum Gasteiger partial charge on any atom is 0.162 e. The number of benzene rings is 1. The van der Waals surface area contributed by atoms with Crippen LogP contribution >= 0.6 is 0 Å². The predicted octanol–water partition coefficient (Wildman–Crippen LogP) is 2.66. The number of Topliss-reactive ketones (excluding diaryl/α,β-unsaturated/α-hetero) is 2. The normalized spacial score (nSPS) is 31.7. The van der Waals surface area contributed by atoms with Crippen molar-refractivity contribution in [3.05, 3.63) is 30.3 Å². The van der Waals surface area contributed by atoms with Gasteiger partial charge in [0.2, 0.25) is 0 Å². The standard InChI is InChI=1S/C16H18O3S/c17-14-9-5-11-16(14)10-4-8-13(15(16)18)20(19)12-6-2-1-3-7-12/h1-3,6-7,13H,4-5,8-11H2/t13?,16-,20?/m0/s1. The van der Waals surface area contributed by atoms with E-state index in [1.807, 2.05) is 18.2 Å². The lowest BCUT2D eigenvalue weighted by molar-refractivity contribution is -0.140. The molecular formula is C16H18O3S. The van der Waals surface area contributed by atoms with Gasteiger partial charge in [-0.25, -0.2) is 0 Å². The summed E-state index contributed by atoms with van der Waals surface area (Å²) in [5.74, 6) is 0.0192. The van der Waals surface area contributed by atoms with Crippen LogP contribution in [0.1, 0.15) is 38.5 Å². The fraction of sp³-hybridized carbons (Fsp3) is 0.500. The Hall–Kier alpha value is -1.29. The Morgan fingerprint density at radius 1 is 1.05 bits per heavy atom. The van der Waals surface area contributed by atoms with Crippen LogP contribution in [0.2, 0.25) is 0 Å². The molecule has 2 aliphatic rings. The monoisotopic (exact) mass is 290 g/mol. The summed E-state index contributed by atoms with van der Waals surface area (Å²) in [5.41, 5.74) is -0.798. The zero-order valence-electron chi connectivity index (χ0n) is 11.3. The van der Waals surface area contributed by atoms with Gasteiger partial charge in [0, 0.05) is 11.3 Å². The van der Waals surface area contributed by atoms with E-state index in [0.29, 0.717) is 30.6 Å². The van der Waals surface area contributed by atoms with E-state index in [1.54, 1.807) is 12.1 Å². The molecular weight excluding hydrogens is 272 g/mol. The van der Waals surface area contributed by atoms with Crippen LogP contribution in [0, 0.1) is 5.41 Å². The maximum absolute atomic E-state index is 12.8. The number of rotatable bonds is 2. The number of hydrogen-bond acceptors (Lipinski definition) is 3. The quantitative estimate of drug-likeness (QED) is 0.787. The van der Waals surface area contributed by atoms with Crippen LogP contribution in [0.3, 0.4) is 0 Å². The zero-order valence-corrected chi connectivity index (χ0v) is 12.2. The molecule has 2 unspecified atom stereocenters. The molecule has 0 N–H and O–H groups in total. The molecule has 3 nitrogen and oxygen atoms in total. The summed E-state index contributed by atoms with van der Waals surface area (Å²) in [6.45, 7) is 0. The second-order valence-corrected chi connectivity index (χ2v) is 7.35. The number of carbonyl (C=O) groups is 2. The van der Waals surface area contributed by atoms with Crippen molar-refractivity contribution in [1.82, 2.24) is 0 Å². The van der Waals surface area contributed by atoms with Gasteiger partial charge in [-0.15, -0.1) is 0 Å². The first kappa shape index (κ1) is 13.7. The summed E-state index contributed by atoms with van der Waals surface area (Å²) in [6, 6.07) is 9.11. The van der Waals surface area contributed by atoms with Crippen molar-refractivity contribution < 1.29 is 13.8 Å². The molecule has 3 atom stereocenters. The van der Waals surface area contributed by atoms with Gasteiger partial charge in [0.05, 0.1) is 21.5 Å². The summed E-state index contributed by atoms with van der Waals surface area (Å²) in [7, 11) is -1.34. The lowest BCUT2D eigenvalue weighted by atomic mass is 9.71.